The van der Waals surface area contributed by atoms with Crippen LogP contribution < -0.4 is 0 Å². The van der Waals surface area contributed by atoms with Gasteiger partial charge in [-0.15, -0.1) is 0 Å². The van der Waals surface area contributed by atoms with Crippen LogP contribution in [0.15, 0.2) is 77.2 Å². The van der Waals surface area contributed by atoms with Crippen LogP contribution in [0.2, 0.25) is 0 Å². The Morgan fingerprint density at radius 3 is 1.38 bits per heavy atom. The number of carbonyl (C=O) groups is 2. The Kier molecular flexibility index (Phi) is 8.45. The van der Waals surface area contributed by atoms with Gasteiger partial charge in [0.25, 0.3) is 0 Å². The number of esters is 2. The van der Waals surface area contributed by atoms with Crippen molar-refractivity contribution in [2.24, 2.45) is 0 Å². The predicted octanol–water partition coefficient (Wildman–Crippen LogP) is 4.14. The van der Waals surface area contributed by atoms with Crippen molar-refractivity contribution in [3.8, 4) is 0 Å². The summed E-state index contributed by atoms with van der Waals surface area (Å²) in [6, 6.07) is 21.3. The zero-order valence-electron chi connectivity index (χ0n) is 18.6. The number of furan rings is 1. The number of fused-ring (bicyclic) bond motifs is 2. The van der Waals surface area contributed by atoms with Gasteiger partial charge < -0.3 is 28.1 Å². The van der Waals surface area contributed by atoms with Gasteiger partial charge in [0.1, 0.15) is 0 Å². The zero-order valence-corrected chi connectivity index (χ0v) is 18.6. The van der Waals surface area contributed by atoms with E-state index in [-0.39, 0.29) is 24.7 Å². The first-order valence-corrected chi connectivity index (χ1v) is 11.1. The molecule has 2 atom stereocenters. The highest BCUT2D eigenvalue weighted by Gasteiger charge is 2.25. The van der Waals surface area contributed by atoms with Crippen molar-refractivity contribution in [2.75, 3.05) is 39.6 Å². The average Bonchev–Trinajstić information content (AvgIpc) is 3.37. The number of carbonyl (C=O) groups excluding carboxylic acids is 2. The molecule has 34 heavy (non-hydrogen) atoms. The Bertz CT molecular complexity index is 965. The Hall–Kier alpha value is -3.46. The highest BCUT2D eigenvalue weighted by Crippen LogP contribution is 2.23. The van der Waals surface area contributed by atoms with Crippen LogP contribution in [0.4, 0.5) is 0 Å². The van der Waals surface area contributed by atoms with Gasteiger partial charge in [-0.3, -0.25) is 0 Å². The van der Waals surface area contributed by atoms with Crippen LogP contribution in [-0.2, 0) is 23.7 Å². The van der Waals surface area contributed by atoms with Gasteiger partial charge in [-0.25, -0.2) is 9.59 Å². The van der Waals surface area contributed by atoms with Crippen LogP contribution in [0.3, 0.4) is 0 Å². The number of ether oxygens (including phenoxy) is 5. The molecule has 1 aliphatic heterocycles. The maximum Gasteiger partial charge on any atom is 0.374 e. The lowest BCUT2D eigenvalue weighted by atomic mass is 10.1. The van der Waals surface area contributed by atoms with Crippen LogP contribution >= 0.6 is 0 Å². The molecule has 0 saturated heterocycles. The summed E-state index contributed by atoms with van der Waals surface area (Å²) in [5, 5.41) is 0. The maximum atomic E-state index is 12.7. The maximum absolute atomic E-state index is 12.7. The third kappa shape index (κ3) is 6.54. The van der Waals surface area contributed by atoms with Gasteiger partial charge in [-0.05, 0) is 23.3 Å². The third-order valence-corrected chi connectivity index (χ3v) is 5.13. The molecule has 1 aliphatic rings. The lowest BCUT2D eigenvalue weighted by Gasteiger charge is -2.19. The van der Waals surface area contributed by atoms with Crippen molar-refractivity contribution < 1.29 is 37.7 Å². The highest BCUT2D eigenvalue weighted by atomic mass is 16.6. The van der Waals surface area contributed by atoms with E-state index in [1.807, 2.05) is 60.7 Å². The smallest absolute Gasteiger partial charge is 0.374 e. The van der Waals surface area contributed by atoms with Gasteiger partial charge in [0.05, 0.1) is 39.6 Å². The number of hydrogen-bond acceptors (Lipinski definition) is 8. The van der Waals surface area contributed by atoms with Crippen LogP contribution in [-0.4, -0.2) is 51.6 Å². The Morgan fingerprint density at radius 1 is 0.529 bits per heavy atom. The number of hydrogen-bond donors (Lipinski definition) is 0. The first-order valence-electron chi connectivity index (χ1n) is 11.1. The van der Waals surface area contributed by atoms with E-state index in [1.54, 1.807) is 0 Å². The molecule has 0 radical (unpaired) electrons. The lowest BCUT2D eigenvalue weighted by Crippen LogP contribution is -2.20. The molecule has 3 aromatic rings. The number of benzene rings is 2. The molecular formula is C26H26O8. The second-order valence-corrected chi connectivity index (χ2v) is 7.54. The predicted molar refractivity (Wildman–Crippen MR) is 120 cm³/mol. The summed E-state index contributed by atoms with van der Waals surface area (Å²) in [4.78, 5) is 25.5. The monoisotopic (exact) mass is 466 g/mol. The Balaban J connectivity index is 1.53. The van der Waals surface area contributed by atoms with Crippen molar-refractivity contribution in [3.05, 3.63) is 95.4 Å². The van der Waals surface area contributed by atoms with E-state index >= 15 is 0 Å². The standard InChI is InChI=1S/C26H26O8/c27-25-21-11-12-22(32-21)26(28)34-24(20-9-5-2-6-10-20)18-31-16-14-29-13-15-30-17-23(33-25)19-7-3-1-4-8-19/h1-12,23-24H,13-18H2/t23-,24-/m1/s1. The molecule has 0 unspecified atom stereocenters. The van der Waals surface area contributed by atoms with E-state index in [1.165, 1.54) is 12.1 Å². The van der Waals surface area contributed by atoms with Crippen LogP contribution in [0.1, 0.15) is 44.4 Å². The van der Waals surface area contributed by atoms with Gasteiger partial charge in [-0.1, -0.05) is 60.7 Å². The quantitative estimate of drug-likeness (QED) is 0.521. The lowest BCUT2D eigenvalue weighted by molar-refractivity contribution is -0.0377. The second kappa shape index (κ2) is 12.1. The summed E-state index contributed by atoms with van der Waals surface area (Å²) >= 11 is 0. The van der Waals surface area contributed by atoms with Crippen molar-refractivity contribution in [3.63, 3.8) is 0 Å². The summed E-state index contributed by atoms with van der Waals surface area (Å²) in [6.07, 6.45) is -1.31. The number of cyclic esters (lactones) is 2. The first kappa shape index (κ1) is 23.7. The van der Waals surface area contributed by atoms with Gasteiger partial charge in [0.2, 0.25) is 11.5 Å². The minimum Gasteiger partial charge on any atom is -0.449 e. The van der Waals surface area contributed by atoms with Gasteiger partial charge in [0.15, 0.2) is 12.2 Å². The van der Waals surface area contributed by atoms with E-state index in [2.05, 4.69) is 0 Å². The summed E-state index contributed by atoms with van der Waals surface area (Å²) in [5.41, 5.74) is 1.55. The molecule has 0 N–H and O–H groups in total. The molecule has 2 aromatic carbocycles. The molecule has 2 bridgehead atoms. The largest absolute Gasteiger partial charge is 0.449 e. The van der Waals surface area contributed by atoms with Crippen molar-refractivity contribution in [1.82, 2.24) is 0 Å². The van der Waals surface area contributed by atoms with E-state index in [0.717, 1.165) is 11.1 Å². The Labute approximate surface area is 197 Å². The molecule has 2 heterocycles. The highest BCUT2D eigenvalue weighted by molar-refractivity contribution is 5.91. The normalized spacial score (nSPS) is 21.1. The minimum atomic E-state index is -0.711. The van der Waals surface area contributed by atoms with E-state index in [0.29, 0.717) is 26.4 Å². The summed E-state index contributed by atoms with van der Waals surface area (Å²) in [6.45, 7) is 1.66. The van der Waals surface area contributed by atoms with Crippen LogP contribution in [0.25, 0.3) is 0 Å². The molecule has 8 heteroatoms. The summed E-state index contributed by atoms with van der Waals surface area (Å²) in [7, 11) is 0. The SMILES string of the molecule is O=C1O[C@@H](c2ccccc2)COCCOCCOC[C@H](c2ccccc2)OC(=O)c2ccc1o2. The molecule has 0 saturated carbocycles. The van der Waals surface area contributed by atoms with Gasteiger partial charge in [-0.2, -0.15) is 0 Å². The third-order valence-electron chi connectivity index (χ3n) is 5.13. The first-order chi connectivity index (χ1) is 16.7. The molecule has 4 rings (SSSR count). The van der Waals surface area contributed by atoms with Crippen molar-refractivity contribution in [1.29, 1.82) is 0 Å². The number of rotatable bonds is 2. The van der Waals surface area contributed by atoms with E-state index < -0.39 is 24.1 Å². The van der Waals surface area contributed by atoms with Crippen LogP contribution in [0, 0.1) is 0 Å². The van der Waals surface area contributed by atoms with Gasteiger partial charge >= 0.3 is 11.9 Å². The second-order valence-electron chi connectivity index (χ2n) is 7.54. The molecule has 1 aromatic heterocycles. The summed E-state index contributed by atoms with van der Waals surface area (Å²) < 4.78 is 33.6. The fourth-order valence-corrected chi connectivity index (χ4v) is 3.38. The molecule has 8 nitrogen and oxygen atoms in total. The molecule has 178 valence electrons. The topological polar surface area (TPSA) is 93.4 Å². The van der Waals surface area contributed by atoms with Crippen molar-refractivity contribution in [2.45, 2.75) is 12.2 Å². The van der Waals surface area contributed by atoms with Gasteiger partial charge in [0, 0.05) is 0 Å². The minimum absolute atomic E-state index is 0.107. The molecule has 0 spiro atoms. The molecule has 0 aliphatic carbocycles. The zero-order chi connectivity index (χ0) is 23.6. The summed E-state index contributed by atoms with van der Waals surface area (Å²) in [5.74, 6) is -1.64. The average molecular weight is 466 g/mol. The molecule has 0 fully saturated rings. The molecule has 0 amide bonds. The van der Waals surface area contributed by atoms with Crippen LogP contribution in [0.5, 0.6) is 0 Å². The fourth-order valence-electron chi connectivity index (χ4n) is 3.38. The molecular weight excluding hydrogens is 440 g/mol. The Morgan fingerprint density at radius 2 is 0.941 bits per heavy atom. The van der Waals surface area contributed by atoms with E-state index in [9.17, 15) is 9.59 Å². The fraction of sp³-hybridized carbons (Fsp3) is 0.308. The van der Waals surface area contributed by atoms with Crippen molar-refractivity contribution >= 4 is 11.9 Å². The van der Waals surface area contributed by atoms with E-state index in [4.69, 9.17) is 28.1 Å².